The summed E-state index contributed by atoms with van der Waals surface area (Å²) in [4.78, 5) is 1.72. The molecule has 0 saturated heterocycles. The zero-order valence-electron chi connectivity index (χ0n) is 14.9. The number of aromatic nitrogens is 3. The molecule has 24 heavy (non-hydrogen) atoms. The van der Waals surface area contributed by atoms with Crippen molar-refractivity contribution in [2.75, 3.05) is 26.9 Å². The highest BCUT2D eigenvalue weighted by molar-refractivity contribution is 6.60. The number of hydrogen-bond acceptors (Lipinski definition) is 6. The summed E-state index contributed by atoms with van der Waals surface area (Å²) in [6.07, 6.45) is 0.838. The number of rotatable bonds is 11. The van der Waals surface area contributed by atoms with Crippen molar-refractivity contribution in [1.82, 2.24) is 15.0 Å². The third-order valence-corrected chi connectivity index (χ3v) is 6.71. The van der Waals surface area contributed by atoms with Gasteiger partial charge in [-0.15, -0.1) is 0 Å². The lowest BCUT2D eigenvalue weighted by Crippen LogP contribution is -2.46. The number of benzene rings is 1. The zero-order valence-corrected chi connectivity index (χ0v) is 15.9. The Balaban J connectivity index is 2.00. The molecule has 0 aliphatic carbocycles. The van der Waals surface area contributed by atoms with E-state index in [1.165, 1.54) is 0 Å². The Morgan fingerprint density at radius 3 is 2.17 bits per heavy atom. The van der Waals surface area contributed by atoms with Crippen LogP contribution < -0.4 is 4.74 Å². The molecule has 8 heteroatoms. The van der Waals surface area contributed by atoms with Gasteiger partial charge in [0.15, 0.2) is 0 Å². The molecule has 1 aromatic carbocycles. The van der Waals surface area contributed by atoms with Crippen LogP contribution in [0.15, 0.2) is 18.2 Å². The number of nitrogens with zero attached hydrogens (tertiary/aromatic N) is 3. The molecule has 2 rings (SSSR count). The van der Waals surface area contributed by atoms with E-state index in [2.05, 4.69) is 10.2 Å². The number of ether oxygens (including phenoxy) is 1. The van der Waals surface area contributed by atoms with Crippen LogP contribution in [-0.4, -0.2) is 50.7 Å². The summed E-state index contributed by atoms with van der Waals surface area (Å²) >= 11 is 0. The number of fused-ring (bicyclic) bond motifs is 1. The Bertz CT molecular complexity index is 618. The molecular weight excluding hydrogens is 326 g/mol. The number of hydrogen-bond donors (Lipinski definition) is 0. The minimum atomic E-state index is -2.59. The van der Waals surface area contributed by atoms with Gasteiger partial charge in [-0.2, -0.15) is 15.0 Å². The Hall–Kier alpha value is -1.48. The molecule has 0 radical (unpaired) electrons. The first kappa shape index (κ1) is 18.8. The summed E-state index contributed by atoms with van der Waals surface area (Å²) < 4.78 is 22.8. The fourth-order valence-electron chi connectivity index (χ4n) is 2.60. The van der Waals surface area contributed by atoms with Crippen molar-refractivity contribution in [3.63, 3.8) is 0 Å². The largest absolute Gasteiger partial charge is 0.500 e. The van der Waals surface area contributed by atoms with E-state index >= 15 is 0 Å². The standard InChI is InChI=1S/C16H27N3O4Si/c1-5-21-24(22-6-2,23-7-3)12-8-11-19-17-15-10-9-14(20-4)13-16(15)18-19/h9-10,13H,5-8,11-12H2,1-4H3. The van der Waals surface area contributed by atoms with Gasteiger partial charge in [-0.05, 0) is 39.3 Å². The monoisotopic (exact) mass is 353 g/mol. The summed E-state index contributed by atoms with van der Waals surface area (Å²) in [6, 6.07) is 6.44. The first-order valence-electron chi connectivity index (χ1n) is 8.47. The highest BCUT2D eigenvalue weighted by atomic mass is 28.4. The second-order valence-corrected chi connectivity index (χ2v) is 7.97. The SMILES string of the molecule is CCO[Si](CCCn1nc2ccc(OC)cc2n1)(OCC)OCC. The van der Waals surface area contributed by atoms with Crippen LogP contribution in [0.5, 0.6) is 5.75 Å². The Kier molecular flexibility index (Phi) is 7.16. The van der Waals surface area contributed by atoms with E-state index < -0.39 is 8.80 Å². The molecular formula is C16H27N3O4Si. The van der Waals surface area contributed by atoms with Gasteiger partial charge in [-0.25, -0.2) is 0 Å². The van der Waals surface area contributed by atoms with Crippen molar-refractivity contribution >= 4 is 19.8 Å². The third kappa shape index (κ3) is 4.76. The van der Waals surface area contributed by atoms with Crippen molar-refractivity contribution in [1.29, 1.82) is 0 Å². The molecule has 0 bridgehead atoms. The van der Waals surface area contributed by atoms with Crippen LogP contribution in [0.1, 0.15) is 27.2 Å². The van der Waals surface area contributed by atoms with E-state index in [1.807, 2.05) is 39.0 Å². The van der Waals surface area contributed by atoms with Crippen LogP contribution >= 0.6 is 0 Å². The minimum Gasteiger partial charge on any atom is -0.497 e. The quantitative estimate of drug-likeness (QED) is 0.579. The molecule has 0 N–H and O–H groups in total. The average Bonchev–Trinajstić information content (AvgIpc) is 2.97. The molecule has 0 aliphatic rings. The van der Waals surface area contributed by atoms with Crippen LogP contribution in [0.2, 0.25) is 6.04 Å². The molecule has 0 spiro atoms. The molecule has 1 aromatic heterocycles. The third-order valence-electron chi connectivity index (χ3n) is 3.56. The molecule has 1 heterocycles. The van der Waals surface area contributed by atoms with Gasteiger partial charge in [0.25, 0.3) is 0 Å². The topological polar surface area (TPSA) is 67.6 Å². The molecule has 0 atom stereocenters. The maximum atomic E-state index is 5.87. The minimum absolute atomic E-state index is 0.593. The van der Waals surface area contributed by atoms with E-state index in [0.717, 1.165) is 29.2 Å². The fraction of sp³-hybridized carbons (Fsp3) is 0.625. The van der Waals surface area contributed by atoms with Gasteiger partial charge < -0.3 is 18.0 Å². The summed E-state index contributed by atoms with van der Waals surface area (Å²) in [5.74, 6) is 0.782. The maximum Gasteiger partial charge on any atom is 0.500 e. The predicted molar refractivity (Wildman–Crippen MR) is 94.1 cm³/mol. The summed E-state index contributed by atoms with van der Waals surface area (Å²) in [5, 5.41) is 8.99. The second kappa shape index (κ2) is 9.12. The van der Waals surface area contributed by atoms with Gasteiger partial charge in [0, 0.05) is 31.9 Å². The lowest BCUT2D eigenvalue weighted by Gasteiger charge is -2.28. The van der Waals surface area contributed by atoms with Crippen molar-refractivity contribution in [3.8, 4) is 5.75 Å². The van der Waals surface area contributed by atoms with Gasteiger partial charge in [-0.1, -0.05) is 0 Å². The molecule has 7 nitrogen and oxygen atoms in total. The number of methoxy groups -OCH3 is 1. The van der Waals surface area contributed by atoms with Crippen LogP contribution in [0.4, 0.5) is 0 Å². The first-order chi connectivity index (χ1) is 11.7. The fourth-order valence-corrected chi connectivity index (χ4v) is 5.20. The lowest BCUT2D eigenvalue weighted by atomic mass is 10.3. The van der Waals surface area contributed by atoms with E-state index in [-0.39, 0.29) is 0 Å². The molecule has 134 valence electrons. The molecule has 0 amide bonds. The maximum absolute atomic E-state index is 5.87. The molecule has 0 saturated carbocycles. The van der Waals surface area contributed by atoms with E-state index in [9.17, 15) is 0 Å². The summed E-state index contributed by atoms with van der Waals surface area (Å²) in [7, 11) is -0.948. The molecule has 0 fully saturated rings. The van der Waals surface area contributed by atoms with Crippen LogP contribution in [0, 0.1) is 0 Å². The normalized spacial score (nSPS) is 12.0. The summed E-state index contributed by atoms with van der Waals surface area (Å²) in [5.41, 5.74) is 1.69. The van der Waals surface area contributed by atoms with Crippen molar-refractivity contribution in [2.45, 2.75) is 39.8 Å². The molecule has 2 aromatic rings. The van der Waals surface area contributed by atoms with Crippen molar-refractivity contribution in [2.24, 2.45) is 0 Å². The van der Waals surface area contributed by atoms with Gasteiger partial charge in [0.05, 0.1) is 13.7 Å². The second-order valence-electron chi connectivity index (χ2n) is 5.24. The van der Waals surface area contributed by atoms with Gasteiger partial charge in [0.2, 0.25) is 0 Å². The summed E-state index contributed by atoms with van der Waals surface area (Å²) in [6.45, 7) is 8.37. The Morgan fingerprint density at radius 2 is 1.58 bits per heavy atom. The molecule has 0 unspecified atom stereocenters. The number of aryl methyl sites for hydroxylation is 1. The van der Waals surface area contributed by atoms with Crippen LogP contribution in [0.25, 0.3) is 11.0 Å². The van der Waals surface area contributed by atoms with Crippen molar-refractivity contribution in [3.05, 3.63) is 18.2 Å². The van der Waals surface area contributed by atoms with E-state index in [4.69, 9.17) is 18.0 Å². The Morgan fingerprint density at radius 1 is 0.958 bits per heavy atom. The first-order valence-corrected chi connectivity index (χ1v) is 10.4. The van der Waals surface area contributed by atoms with Gasteiger partial charge in [-0.3, -0.25) is 0 Å². The predicted octanol–water partition coefficient (Wildman–Crippen LogP) is 2.88. The van der Waals surface area contributed by atoms with E-state index in [1.54, 1.807) is 11.9 Å². The Labute approximate surface area is 144 Å². The van der Waals surface area contributed by atoms with Crippen molar-refractivity contribution < 1.29 is 18.0 Å². The zero-order chi connectivity index (χ0) is 17.4. The lowest BCUT2D eigenvalue weighted by molar-refractivity contribution is 0.0704. The van der Waals surface area contributed by atoms with Gasteiger partial charge in [0.1, 0.15) is 16.8 Å². The highest BCUT2D eigenvalue weighted by Crippen LogP contribution is 2.20. The van der Waals surface area contributed by atoms with Gasteiger partial charge >= 0.3 is 8.80 Å². The van der Waals surface area contributed by atoms with Crippen LogP contribution in [0.3, 0.4) is 0 Å². The smallest absolute Gasteiger partial charge is 0.497 e. The van der Waals surface area contributed by atoms with E-state index in [0.29, 0.717) is 26.4 Å². The molecule has 0 aliphatic heterocycles. The highest BCUT2D eigenvalue weighted by Gasteiger charge is 2.39. The average molecular weight is 353 g/mol. The van der Waals surface area contributed by atoms with Crippen LogP contribution in [-0.2, 0) is 19.8 Å².